The third-order valence-corrected chi connectivity index (χ3v) is 4.74. The molecule has 3 rings (SSSR count). The molecule has 0 spiro atoms. The maximum absolute atomic E-state index is 12.6. The van der Waals surface area contributed by atoms with Crippen LogP contribution in [0.4, 0.5) is 16.2 Å². The molecular formula is C20H22N4O4. The number of hydrogen-bond acceptors (Lipinski definition) is 5. The summed E-state index contributed by atoms with van der Waals surface area (Å²) in [5.41, 5.74) is 1.13. The lowest BCUT2D eigenvalue weighted by molar-refractivity contribution is -0.384. The molecule has 1 saturated heterocycles. The summed E-state index contributed by atoms with van der Waals surface area (Å²) in [7, 11) is 3.39. The van der Waals surface area contributed by atoms with E-state index >= 15 is 0 Å². The number of piperazine rings is 1. The molecule has 0 saturated carbocycles. The second-order valence-electron chi connectivity index (χ2n) is 6.81. The second-order valence-corrected chi connectivity index (χ2v) is 6.81. The first-order valence-electron chi connectivity index (χ1n) is 8.98. The van der Waals surface area contributed by atoms with Gasteiger partial charge in [0.25, 0.3) is 5.69 Å². The summed E-state index contributed by atoms with van der Waals surface area (Å²) in [6, 6.07) is 13.2. The summed E-state index contributed by atoms with van der Waals surface area (Å²) in [6.07, 6.45) is 0. The maximum Gasteiger partial charge on any atom is 0.319 e. The number of urea groups is 1. The van der Waals surface area contributed by atoms with Gasteiger partial charge >= 0.3 is 6.03 Å². The van der Waals surface area contributed by atoms with Crippen LogP contribution in [0.15, 0.2) is 48.5 Å². The summed E-state index contributed by atoms with van der Waals surface area (Å²) >= 11 is 0. The molecular weight excluding hydrogens is 360 g/mol. The quantitative estimate of drug-likeness (QED) is 0.461. The lowest BCUT2D eigenvalue weighted by Gasteiger charge is -2.36. The van der Waals surface area contributed by atoms with Gasteiger partial charge in [0, 0.05) is 57.5 Å². The van der Waals surface area contributed by atoms with E-state index in [0.29, 0.717) is 37.4 Å². The van der Waals surface area contributed by atoms with Gasteiger partial charge in [0.2, 0.25) is 0 Å². The SMILES string of the molecule is CN(C)C(=O)N1CCN(c2ccc(C(=O)c3ccccc3)cc2[N+](=O)[O-])CC1. The van der Waals surface area contributed by atoms with Crippen molar-refractivity contribution in [2.45, 2.75) is 0 Å². The molecule has 0 aromatic heterocycles. The Morgan fingerprint density at radius 2 is 1.61 bits per heavy atom. The van der Waals surface area contributed by atoms with Crippen LogP contribution < -0.4 is 4.90 Å². The maximum atomic E-state index is 12.6. The molecule has 8 nitrogen and oxygen atoms in total. The van der Waals surface area contributed by atoms with Crippen molar-refractivity contribution in [2.75, 3.05) is 45.2 Å². The zero-order valence-corrected chi connectivity index (χ0v) is 15.9. The lowest BCUT2D eigenvalue weighted by Crippen LogP contribution is -2.51. The van der Waals surface area contributed by atoms with E-state index in [1.807, 2.05) is 11.0 Å². The highest BCUT2D eigenvalue weighted by molar-refractivity contribution is 6.09. The number of benzene rings is 2. The number of carbonyl (C=O) groups excluding carboxylic acids is 2. The minimum absolute atomic E-state index is 0.0713. The van der Waals surface area contributed by atoms with E-state index in [1.165, 1.54) is 11.0 Å². The van der Waals surface area contributed by atoms with Crippen LogP contribution in [0.3, 0.4) is 0 Å². The van der Waals surface area contributed by atoms with Crippen molar-refractivity contribution >= 4 is 23.2 Å². The molecule has 1 fully saturated rings. The van der Waals surface area contributed by atoms with Gasteiger partial charge in [-0.05, 0) is 12.1 Å². The number of carbonyl (C=O) groups is 2. The molecule has 1 aliphatic heterocycles. The Balaban J connectivity index is 1.82. The van der Waals surface area contributed by atoms with Crippen molar-refractivity contribution in [1.82, 2.24) is 9.80 Å². The third-order valence-electron chi connectivity index (χ3n) is 4.74. The van der Waals surface area contributed by atoms with Crippen LogP contribution in [0.5, 0.6) is 0 Å². The topological polar surface area (TPSA) is 87.0 Å². The van der Waals surface area contributed by atoms with E-state index < -0.39 is 4.92 Å². The first-order chi connectivity index (χ1) is 13.4. The normalized spacial score (nSPS) is 13.9. The van der Waals surface area contributed by atoms with E-state index in [4.69, 9.17) is 0 Å². The zero-order chi connectivity index (χ0) is 20.3. The van der Waals surface area contributed by atoms with Gasteiger partial charge in [0.1, 0.15) is 5.69 Å². The largest absolute Gasteiger partial charge is 0.362 e. The van der Waals surface area contributed by atoms with Crippen LogP contribution in [0.1, 0.15) is 15.9 Å². The molecule has 0 aliphatic carbocycles. The number of rotatable bonds is 4. The van der Waals surface area contributed by atoms with Gasteiger partial charge in [0.05, 0.1) is 4.92 Å². The highest BCUT2D eigenvalue weighted by Crippen LogP contribution is 2.31. The predicted octanol–water partition coefficient (Wildman–Crippen LogP) is 2.63. The molecule has 28 heavy (non-hydrogen) atoms. The fourth-order valence-electron chi connectivity index (χ4n) is 3.26. The first kappa shape index (κ1) is 19.3. The monoisotopic (exact) mass is 382 g/mol. The summed E-state index contributed by atoms with van der Waals surface area (Å²) < 4.78 is 0. The van der Waals surface area contributed by atoms with Crippen LogP contribution in [0, 0.1) is 10.1 Å². The summed E-state index contributed by atoms with van der Waals surface area (Å²) in [4.78, 5) is 41.0. The van der Waals surface area contributed by atoms with Gasteiger partial charge in [0.15, 0.2) is 5.78 Å². The van der Waals surface area contributed by atoms with Gasteiger partial charge in [-0.1, -0.05) is 30.3 Å². The lowest BCUT2D eigenvalue weighted by atomic mass is 10.0. The molecule has 0 bridgehead atoms. The van der Waals surface area contributed by atoms with E-state index in [9.17, 15) is 19.7 Å². The number of hydrogen-bond donors (Lipinski definition) is 0. The predicted molar refractivity (Wildman–Crippen MR) is 106 cm³/mol. The van der Waals surface area contributed by atoms with Crippen LogP contribution in [0.25, 0.3) is 0 Å². The summed E-state index contributed by atoms with van der Waals surface area (Å²) in [5.74, 6) is -0.253. The Morgan fingerprint density at radius 3 is 2.18 bits per heavy atom. The minimum atomic E-state index is -0.464. The molecule has 1 aliphatic rings. The standard InChI is InChI=1S/C20H22N4O4/c1-21(2)20(26)23-12-10-22(11-13-23)17-9-8-16(14-18(17)24(27)28)19(25)15-6-4-3-5-7-15/h3-9,14H,10-13H2,1-2H3. The molecule has 0 radical (unpaired) electrons. The smallest absolute Gasteiger partial charge is 0.319 e. The first-order valence-corrected chi connectivity index (χ1v) is 8.98. The van der Waals surface area contributed by atoms with Crippen molar-refractivity contribution in [1.29, 1.82) is 0 Å². The van der Waals surface area contributed by atoms with Gasteiger partial charge in [-0.3, -0.25) is 14.9 Å². The molecule has 0 atom stereocenters. The van der Waals surface area contributed by atoms with E-state index in [2.05, 4.69) is 0 Å². The molecule has 146 valence electrons. The molecule has 2 aromatic carbocycles. The number of nitrogens with zero attached hydrogens (tertiary/aromatic N) is 4. The van der Waals surface area contributed by atoms with Gasteiger partial charge in [-0.25, -0.2) is 4.79 Å². The van der Waals surface area contributed by atoms with Crippen molar-refractivity contribution in [3.63, 3.8) is 0 Å². The van der Waals surface area contributed by atoms with Gasteiger partial charge in [-0.2, -0.15) is 0 Å². The van der Waals surface area contributed by atoms with E-state index in [1.54, 1.807) is 55.4 Å². The number of anilines is 1. The highest BCUT2D eigenvalue weighted by Gasteiger charge is 2.27. The second kappa shape index (κ2) is 8.08. The minimum Gasteiger partial charge on any atom is -0.362 e. The fourth-order valence-corrected chi connectivity index (χ4v) is 3.26. The Kier molecular flexibility index (Phi) is 5.58. The number of ketones is 1. The van der Waals surface area contributed by atoms with Crippen molar-refractivity contribution in [3.8, 4) is 0 Å². The van der Waals surface area contributed by atoms with Gasteiger partial charge in [-0.15, -0.1) is 0 Å². The number of nitro groups is 1. The van der Waals surface area contributed by atoms with E-state index in [0.717, 1.165) is 0 Å². The Labute approximate surface area is 163 Å². The van der Waals surface area contributed by atoms with Crippen molar-refractivity contribution in [2.24, 2.45) is 0 Å². The van der Waals surface area contributed by atoms with Crippen LogP contribution in [0.2, 0.25) is 0 Å². The van der Waals surface area contributed by atoms with E-state index in [-0.39, 0.29) is 23.1 Å². The van der Waals surface area contributed by atoms with Crippen LogP contribution in [-0.2, 0) is 0 Å². The van der Waals surface area contributed by atoms with Gasteiger partial charge < -0.3 is 14.7 Å². The van der Waals surface area contributed by atoms with Crippen LogP contribution >= 0.6 is 0 Å². The fraction of sp³-hybridized carbons (Fsp3) is 0.300. The van der Waals surface area contributed by atoms with Crippen LogP contribution in [-0.4, -0.2) is 66.8 Å². The molecule has 1 heterocycles. The summed E-state index contributed by atoms with van der Waals surface area (Å²) in [5, 5.41) is 11.6. The molecule has 0 unspecified atom stereocenters. The average molecular weight is 382 g/mol. The Bertz CT molecular complexity index is 890. The molecule has 2 amide bonds. The Hall–Kier alpha value is -3.42. The number of amides is 2. The zero-order valence-electron chi connectivity index (χ0n) is 15.9. The highest BCUT2D eigenvalue weighted by atomic mass is 16.6. The van der Waals surface area contributed by atoms with Crippen molar-refractivity contribution in [3.05, 3.63) is 69.8 Å². The Morgan fingerprint density at radius 1 is 0.964 bits per heavy atom. The average Bonchev–Trinajstić information content (AvgIpc) is 2.73. The van der Waals surface area contributed by atoms with Crippen molar-refractivity contribution < 1.29 is 14.5 Å². The molecule has 8 heteroatoms. The summed E-state index contributed by atoms with van der Waals surface area (Å²) in [6.45, 7) is 1.95. The molecule has 0 N–H and O–H groups in total. The molecule has 2 aromatic rings. The number of nitro benzene ring substituents is 1. The third kappa shape index (κ3) is 3.95.